The van der Waals surface area contributed by atoms with Gasteiger partial charge < -0.3 is 42.6 Å². The molecule has 14 heteroatoms. The van der Waals surface area contributed by atoms with Crippen LogP contribution in [0.3, 0.4) is 0 Å². The van der Waals surface area contributed by atoms with Gasteiger partial charge in [0, 0.05) is 31.8 Å². The maximum Gasteiger partial charge on any atom is 0.313 e. The Bertz CT molecular complexity index is 2000. The molecule has 76 heavy (non-hydrogen) atoms. The first-order chi connectivity index (χ1) is 35.7. The summed E-state index contributed by atoms with van der Waals surface area (Å²) in [6.07, 6.45) is 20.7. The number of hydrogen-bond donors (Lipinski definition) is 0. The van der Waals surface area contributed by atoms with Gasteiger partial charge >= 0.3 is 29.8 Å². The van der Waals surface area contributed by atoms with E-state index in [0.717, 1.165) is 95.3 Å². The quantitative estimate of drug-likeness (QED) is 0.112. The van der Waals surface area contributed by atoms with E-state index in [1.165, 1.54) is 51.4 Å². The van der Waals surface area contributed by atoms with Crippen molar-refractivity contribution in [1.82, 2.24) is 0 Å². The fourth-order valence-corrected chi connectivity index (χ4v) is 14.2. The van der Waals surface area contributed by atoms with E-state index in [1.54, 1.807) is 7.11 Å². The van der Waals surface area contributed by atoms with E-state index in [4.69, 9.17) is 42.6 Å². The molecule has 14 nitrogen and oxygen atoms in total. The Labute approximate surface area is 457 Å². The zero-order chi connectivity index (χ0) is 55.8. The van der Waals surface area contributed by atoms with Crippen LogP contribution in [0, 0.1) is 63.1 Å². The highest BCUT2D eigenvalue weighted by molar-refractivity contribution is 5.79. The maximum absolute atomic E-state index is 12.6. The van der Waals surface area contributed by atoms with Crippen LogP contribution in [0.4, 0.5) is 0 Å². The van der Waals surface area contributed by atoms with Crippen molar-refractivity contribution in [3.63, 3.8) is 0 Å². The van der Waals surface area contributed by atoms with Crippen molar-refractivity contribution < 1.29 is 66.6 Å². The first-order valence-corrected chi connectivity index (χ1v) is 30.3. The van der Waals surface area contributed by atoms with Gasteiger partial charge in [-0.05, 0) is 201 Å². The van der Waals surface area contributed by atoms with Crippen LogP contribution in [0.25, 0.3) is 0 Å². The largest absolute Gasteiger partial charge is 0.459 e. The molecule has 8 saturated carbocycles. The third-order valence-corrected chi connectivity index (χ3v) is 21.1. The fraction of sp³-hybridized carbons (Fsp3) is 0.919. The molecule has 11 rings (SSSR count). The van der Waals surface area contributed by atoms with Crippen LogP contribution in [0.2, 0.25) is 0 Å². The van der Waals surface area contributed by atoms with Gasteiger partial charge in [-0.3, -0.25) is 24.0 Å². The number of methoxy groups -OCH3 is 1. The SMILES string of the molecule is CCC(C)(C)C(=O)OC1(CC)C2CC3CC(C2)CC1C3.CCC(C)(C)C(=O)OC1C2CC3C(=O)OC1C3C2.CCC(C)(C)C(=O)OC1OC(OC)C2OC3(CCCCC3)OC12.CCC1(OC(=O)C(C)(C)CC)CCCC1. The van der Waals surface area contributed by atoms with E-state index in [1.807, 2.05) is 76.2 Å². The molecule has 0 amide bonds. The van der Waals surface area contributed by atoms with Gasteiger partial charge in [-0.15, -0.1) is 0 Å². The summed E-state index contributed by atoms with van der Waals surface area (Å²) in [4.78, 5) is 60.7. The normalized spacial score (nSPS) is 35.9. The van der Waals surface area contributed by atoms with E-state index < -0.39 is 35.3 Å². The highest BCUT2D eigenvalue weighted by Crippen LogP contribution is 2.61. The Balaban J connectivity index is 0.000000149. The third-order valence-electron chi connectivity index (χ3n) is 21.1. The van der Waals surface area contributed by atoms with Crippen LogP contribution in [-0.4, -0.2) is 90.9 Å². The highest BCUT2D eigenvalue weighted by atomic mass is 16.8. The molecule has 11 aliphatic rings. The van der Waals surface area contributed by atoms with Crippen LogP contribution in [-0.2, 0) is 66.6 Å². The summed E-state index contributed by atoms with van der Waals surface area (Å²) in [5.41, 5.74) is -1.93. The van der Waals surface area contributed by atoms with Crippen LogP contribution in [0.15, 0.2) is 0 Å². The molecule has 0 N–H and O–H groups in total. The number of carbonyl (C=O) groups is 5. The predicted molar refractivity (Wildman–Crippen MR) is 287 cm³/mol. The van der Waals surface area contributed by atoms with Crippen molar-refractivity contribution in [2.45, 2.75) is 292 Å². The Morgan fingerprint density at radius 2 is 1.01 bits per heavy atom. The van der Waals surface area contributed by atoms with Crippen LogP contribution < -0.4 is 0 Å². The molecule has 0 aromatic rings. The number of esters is 5. The molecule has 11 fully saturated rings. The van der Waals surface area contributed by atoms with Gasteiger partial charge in [0.2, 0.25) is 6.29 Å². The Kier molecular flexibility index (Phi) is 19.0. The molecule has 0 radical (unpaired) electrons. The topological polar surface area (TPSA) is 168 Å². The minimum absolute atomic E-state index is 0.0197. The lowest BCUT2D eigenvalue weighted by Crippen LogP contribution is -2.60. The van der Waals surface area contributed by atoms with Crippen LogP contribution >= 0.6 is 0 Å². The molecule has 3 saturated heterocycles. The van der Waals surface area contributed by atoms with Crippen LogP contribution in [0.1, 0.15) is 238 Å². The summed E-state index contributed by atoms with van der Waals surface area (Å²) in [6.45, 7) is 27.9. The summed E-state index contributed by atoms with van der Waals surface area (Å²) in [5, 5.41) is 0. The lowest BCUT2D eigenvalue weighted by molar-refractivity contribution is -0.282. The molecule has 9 atom stereocenters. The smallest absolute Gasteiger partial charge is 0.313 e. The van der Waals surface area contributed by atoms with Crippen molar-refractivity contribution in [2.75, 3.05) is 7.11 Å². The molecule has 1 spiro atoms. The van der Waals surface area contributed by atoms with Gasteiger partial charge in [0.1, 0.15) is 29.5 Å². The molecule has 9 unspecified atom stereocenters. The minimum atomic E-state index is -0.774. The third kappa shape index (κ3) is 12.4. The lowest BCUT2D eigenvalue weighted by Gasteiger charge is -2.60. The van der Waals surface area contributed by atoms with E-state index in [9.17, 15) is 24.0 Å². The van der Waals surface area contributed by atoms with Crippen molar-refractivity contribution in [3.8, 4) is 0 Å². The van der Waals surface area contributed by atoms with Gasteiger partial charge in [0.15, 0.2) is 18.2 Å². The Morgan fingerprint density at radius 3 is 1.50 bits per heavy atom. The summed E-state index contributed by atoms with van der Waals surface area (Å²) in [7, 11) is 1.57. The summed E-state index contributed by atoms with van der Waals surface area (Å²) in [5.74, 6) is 2.76. The predicted octanol–water partition coefficient (Wildman–Crippen LogP) is 12.9. The number of carbonyl (C=O) groups excluding carboxylic acids is 5. The summed E-state index contributed by atoms with van der Waals surface area (Å²) >= 11 is 0. The molecule has 3 aliphatic heterocycles. The van der Waals surface area contributed by atoms with Gasteiger partial charge in [0.05, 0.1) is 27.6 Å². The number of ether oxygens (including phenoxy) is 9. The van der Waals surface area contributed by atoms with E-state index in [-0.39, 0.29) is 76.1 Å². The lowest BCUT2D eigenvalue weighted by atomic mass is 9.49. The monoisotopic (exact) mass is 1070 g/mol. The fourth-order valence-electron chi connectivity index (χ4n) is 14.2. The molecular formula is C62H102O14. The molecule has 8 aliphatic carbocycles. The molecule has 0 aromatic heterocycles. The first kappa shape index (κ1) is 60.8. The highest BCUT2D eigenvalue weighted by Gasteiger charge is 2.64. The van der Waals surface area contributed by atoms with Gasteiger partial charge in [0.25, 0.3) is 0 Å². The first-order valence-electron chi connectivity index (χ1n) is 30.3. The maximum atomic E-state index is 12.6. The van der Waals surface area contributed by atoms with Gasteiger partial charge in [-0.1, -0.05) is 48.0 Å². The average molecular weight is 1070 g/mol. The Hall–Kier alpha value is -2.81. The molecule has 3 heterocycles. The number of hydrogen-bond acceptors (Lipinski definition) is 14. The second-order valence-electron chi connectivity index (χ2n) is 27.5. The average Bonchev–Trinajstić information content (AvgIpc) is 4.28. The molecule has 6 bridgehead atoms. The van der Waals surface area contributed by atoms with E-state index in [2.05, 4.69) is 20.8 Å². The summed E-state index contributed by atoms with van der Waals surface area (Å²) in [6, 6.07) is 0. The van der Waals surface area contributed by atoms with Gasteiger partial charge in [-0.2, -0.15) is 0 Å². The summed E-state index contributed by atoms with van der Waals surface area (Å²) < 4.78 is 52.1. The zero-order valence-electron chi connectivity index (χ0n) is 49.8. The second-order valence-corrected chi connectivity index (χ2v) is 27.5. The minimum Gasteiger partial charge on any atom is -0.459 e. The molecule has 434 valence electrons. The molecule has 0 aromatic carbocycles. The van der Waals surface area contributed by atoms with Gasteiger partial charge in [-0.25, -0.2) is 0 Å². The second kappa shape index (κ2) is 23.7. The zero-order valence-corrected chi connectivity index (χ0v) is 49.8. The van der Waals surface area contributed by atoms with Crippen molar-refractivity contribution in [3.05, 3.63) is 0 Å². The molecular weight excluding hydrogens is 969 g/mol. The standard InChI is InChI=1S/C18H30O2.C17H28O6.C14H20O4.C13H24O2/c1-5-17(3,4)16(19)20-18(6-2)14-8-12-7-13(10-14)11-15(18)9-12;1-5-16(2,3)15(18)21-14-12-11(13(19-4)20-14)22-17(23-12)9-7-6-8-10-17;1-4-14(2,3)13(16)18-10-7-5-8-9(6-7)12(15)17-11(8)10;1-5-12(3,4)11(14)15-13(6-2)9-7-8-10-13/h12-15H,5-11H2,1-4H3;11-14H,5-10H2,1-4H3;7-11H,4-6H2,1-3H3;5-10H2,1-4H3. The number of fused-ring (bicyclic) bond motifs is 2. The number of rotatable bonds is 15. The Morgan fingerprint density at radius 1 is 0.539 bits per heavy atom. The van der Waals surface area contributed by atoms with Crippen molar-refractivity contribution >= 4 is 29.8 Å². The van der Waals surface area contributed by atoms with E-state index in [0.29, 0.717) is 30.1 Å². The van der Waals surface area contributed by atoms with Crippen molar-refractivity contribution in [1.29, 1.82) is 0 Å². The van der Waals surface area contributed by atoms with E-state index >= 15 is 0 Å². The van der Waals surface area contributed by atoms with Crippen molar-refractivity contribution in [2.24, 2.45) is 63.1 Å². The van der Waals surface area contributed by atoms with Crippen LogP contribution in [0.5, 0.6) is 0 Å².